The summed E-state index contributed by atoms with van der Waals surface area (Å²) in [6, 6.07) is 18.2. The number of carbonyl (C=O) groups excluding carboxylic acids is 1. The molecule has 0 aliphatic rings. The normalized spacial score (nSPS) is 11.1. The summed E-state index contributed by atoms with van der Waals surface area (Å²) in [5.41, 5.74) is 3.28. The van der Waals surface area contributed by atoms with E-state index >= 15 is 0 Å². The highest BCUT2D eigenvalue weighted by Gasteiger charge is 2.08. The molecule has 0 aliphatic heterocycles. The Balaban J connectivity index is 1.40. The molecular formula is C24H17Cl2N3O2S. The maximum absolute atomic E-state index is 12.3. The van der Waals surface area contributed by atoms with Crippen molar-refractivity contribution in [3.8, 4) is 11.3 Å². The summed E-state index contributed by atoms with van der Waals surface area (Å²) in [6.07, 6.45) is 2.90. The molecule has 0 unspecified atom stereocenters. The van der Waals surface area contributed by atoms with Gasteiger partial charge in [-0.05, 0) is 79.8 Å². The summed E-state index contributed by atoms with van der Waals surface area (Å²) in [5, 5.41) is 7.79. The van der Waals surface area contributed by atoms with E-state index in [1.54, 1.807) is 36.4 Å². The van der Waals surface area contributed by atoms with Gasteiger partial charge in [0.2, 0.25) is 5.91 Å². The number of aryl methyl sites for hydroxylation is 1. The van der Waals surface area contributed by atoms with E-state index in [1.807, 2.05) is 37.3 Å². The van der Waals surface area contributed by atoms with Crippen LogP contribution in [0.15, 0.2) is 71.2 Å². The number of nitrogens with zero attached hydrogens (tertiary/aromatic N) is 1. The zero-order chi connectivity index (χ0) is 22.7. The van der Waals surface area contributed by atoms with Crippen LogP contribution in [0.2, 0.25) is 10.0 Å². The van der Waals surface area contributed by atoms with Gasteiger partial charge in [0.15, 0.2) is 5.11 Å². The van der Waals surface area contributed by atoms with Gasteiger partial charge in [0, 0.05) is 38.5 Å². The Morgan fingerprint density at radius 2 is 1.84 bits per heavy atom. The van der Waals surface area contributed by atoms with E-state index in [0.717, 1.165) is 27.8 Å². The summed E-state index contributed by atoms with van der Waals surface area (Å²) in [7, 11) is 0. The van der Waals surface area contributed by atoms with Gasteiger partial charge in [0.05, 0.1) is 5.52 Å². The largest absolute Gasteiger partial charge is 0.457 e. The number of anilines is 1. The molecular weight excluding hydrogens is 465 g/mol. The third kappa shape index (κ3) is 5.34. The predicted molar refractivity (Wildman–Crippen MR) is 134 cm³/mol. The van der Waals surface area contributed by atoms with Crippen molar-refractivity contribution in [2.45, 2.75) is 6.92 Å². The number of rotatable bonds is 4. The van der Waals surface area contributed by atoms with E-state index < -0.39 is 0 Å². The minimum atomic E-state index is -0.388. The third-order valence-corrected chi connectivity index (χ3v) is 5.17. The van der Waals surface area contributed by atoms with Crippen LogP contribution in [0.4, 0.5) is 5.69 Å². The lowest BCUT2D eigenvalue weighted by Gasteiger charge is -2.11. The molecule has 0 saturated carbocycles. The van der Waals surface area contributed by atoms with Crippen molar-refractivity contribution in [3.63, 3.8) is 0 Å². The van der Waals surface area contributed by atoms with Crippen LogP contribution < -0.4 is 10.6 Å². The maximum atomic E-state index is 12.3. The lowest BCUT2D eigenvalue weighted by Crippen LogP contribution is -2.32. The summed E-state index contributed by atoms with van der Waals surface area (Å²) in [6.45, 7) is 1.93. The second-order valence-corrected chi connectivity index (χ2v) is 8.24. The second-order valence-electron chi connectivity index (χ2n) is 6.96. The van der Waals surface area contributed by atoms with Gasteiger partial charge in [-0.2, -0.15) is 0 Å². The third-order valence-electron chi connectivity index (χ3n) is 4.53. The monoisotopic (exact) mass is 481 g/mol. The van der Waals surface area contributed by atoms with Gasteiger partial charge < -0.3 is 9.73 Å². The molecule has 8 heteroatoms. The lowest BCUT2D eigenvalue weighted by molar-refractivity contribution is -0.115. The molecule has 2 aromatic carbocycles. The minimum Gasteiger partial charge on any atom is -0.457 e. The van der Waals surface area contributed by atoms with Crippen LogP contribution in [0.3, 0.4) is 0 Å². The average Bonchev–Trinajstić information content (AvgIpc) is 3.21. The predicted octanol–water partition coefficient (Wildman–Crippen LogP) is 6.64. The zero-order valence-electron chi connectivity index (χ0n) is 16.9. The van der Waals surface area contributed by atoms with Crippen LogP contribution in [0.5, 0.6) is 0 Å². The van der Waals surface area contributed by atoms with Crippen molar-refractivity contribution in [2.24, 2.45) is 0 Å². The van der Waals surface area contributed by atoms with Crippen molar-refractivity contribution in [1.29, 1.82) is 0 Å². The fraction of sp³-hybridized carbons (Fsp3) is 0.0417. The Labute approximate surface area is 200 Å². The van der Waals surface area contributed by atoms with E-state index in [4.69, 9.17) is 39.8 Å². The van der Waals surface area contributed by atoms with Crippen LogP contribution >= 0.6 is 35.4 Å². The minimum absolute atomic E-state index is 0.182. The number of hydrogen-bond acceptors (Lipinski definition) is 4. The second kappa shape index (κ2) is 9.53. The van der Waals surface area contributed by atoms with Crippen molar-refractivity contribution in [3.05, 3.63) is 88.2 Å². The summed E-state index contributed by atoms with van der Waals surface area (Å²) < 4.78 is 5.75. The standard InChI is InChI=1S/C24H17Cl2N3O2S/c1-14-5-8-19-20(27-14)3-2-4-21(19)28-24(32)29-23(30)10-7-18-6-9-22(31-18)15-11-16(25)13-17(26)12-15/h2-13H,1H3,(H2,28,29,30,32)/b10-7+. The van der Waals surface area contributed by atoms with E-state index in [1.165, 1.54) is 6.08 Å². The van der Waals surface area contributed by atoms with Crippen LogP contribution in [0, 0.1) is 6.92 Å². The van der Waals surface area contributed by atoms with Gasteiger partial charge in [-0.15, -0.1) is 0 Å². The fourth-order valence-electron chi connectivity index (χ4n) is 3.12. The van der Waals surface area contributed by atoms with Crippen molar-refractivity contribution >= 4 is 69.1 Å². The molecule has 0 bridgehead atoms. The Morgan fingerprint density at radius 1 is 1.06 bits per heavy atom. The molecule has 0 spiro atoms. The summed E-state index contributed by atoms with van der Waals surface area (Å²) in [5.74, 6) is 0.701. The number of aromatic nitrogens is 1. The van der Waals surface area contributed by atoms with Gasteiger partial charge in [-0.25, -0.2) is 0 Å². The first-order valence-electron chi connectivity index (χ1n) is 9.60. The molecule has 2 aromatic heterocycles. The molecule has 160 valence electrons. The van der Waals surface area contributed by atoms with E-state index in [9.17, 15) is 4.79 Å². The van der Waals surface area contributed by atoms with Gasteiger partial charge in [-0.1, -0.05) is 29.3 Å². The van der Waals surface area contributed by atoms with Gasteiger partial charge in [0.1, 0.15) is 11.5 Å². The zero-order valence-corrected chi connectivity index (χ0v) is 19.2. The Morgan fingerprint density at radius 3 is 2.62 bits per heavy atom. The number of amides is 1. The Bertz CT molecular complexity index is 1340. The molecule has 1 amide bonds. The summed E-state index contributed by atoms with van der Waals surface area (Å²) in [4.78, 5) is 16.8. The van der Waals surface area contributed by atoms with Gasteiger partial charge in [0.25, 0.3) is 0 Å². The number of pyridine rings is 1. The molecule has 0 fully saturated rings. The van der Waals surface area contributed by atoms with E-state index in [-0.39, 0.29) is 11.0 Å². The summed E-state index contributed by atoms with van der Waals surface area (Å²) >= 11 is 17.4. The molecule has 32 heavy (non-hydrogen) atoms. The first-order chi connectivity index (χ1) is 15.4. The molecule has 0 saturated heterocycles. The number of thiocarbonyl (C=S) groups is 1. The number of benzene rings is 2. The lowest BCUT2D eigenvalue weighted by atomic mass is 10.1. The Hall–Kier alpha value is -3.19. The SMILES string of the molecule is Cc1ccc2c(NC(=S)NC(=O)/C=C/c3ccc(-c4cc(Cl)cc(Cl)c4)o3)cccc2n1. The van der Waals surface area contributed by atoms with E-state index in [2.05, 4.69) is 15.6 Å². The first kappa shape index (κ1) is 22.0. The first-order valence-corrected chi connectivity index (χ1v) is 10.8. The Kier molecular flexibility index (Phi) is 6.55. The van der Waals surface area contributed by atoms with Crippen molar-refractivity contribution < 1.29 is 9.21 Å². The number of halogens is 2. The quantitative estimate of drug-likeness (QED) is 0.252. The molecule has 0 aliphatic carbocycles. The van der Waals surface area contributed by atoms with E-state index in [0.29, 0.717) is 21.6 Å². The van der Waals surface area contributed by atoms with Crippen LogP contribution in [0.25, 0.3) is 28.3 Å². The molecule has 0 radical (unpaired) electrons. The number of nitrogens with one attached hydrogen (secondary N) is 2. The van der Waals surface area contributed by atoms with Gasteiger partial charge >= 0.3 is 0 Å². The number of fused-ring (bicyclic) bond motifs is 1. The number of hydrogen-bond donors (Lipinski definition) is 2. The molecule has 4 aromatic rings. The fourth-order valence-corrected chi connectivity index (χ4v) is 3.86. The van der Waals surface area contributed by atoms with Crippen LogP contribution in [0.1, 0.15) is 11.5 Å². The van der Waals surface area contributed by atoms with Crippen LogP contribution in [-0.4, -0.2) is 16.0 Å². The molecule has 5 nitrogen and oxygen atoms in total. The topological polar surface area (TPSA) is 67.2 Å². The molecule has 4 rings (SSSR count). The highest BCUT2D eigenvalue weighted by molar-refractivity contribution is 7.80. The van der Waals surface area contributed by atoms with Crippen molar-refractivity contribution in [2.75, 3.05) is 5.32 Å². The highest BCUT2D eigenvalue weighted by Crippen LogP contribution is 2.29. The smallest absolute Gasteiger partial charge is 0.250 e. The highest BCUT2D eigenvalue weighted by atomic mass is 35.5. The molecule has 2 N–H and O–H groups in total. The van der Waals surface area contributed by atoms with Crippen LogP contribution in [-0.2, 0) is 4.79 Å². The molecule has 2 heterocycles. The van der Waals surface area contributed by atoms with Crippen molar-refractivity contribution in [1.82, 2.24) is 10.3 Å². The maximum Gasteiger partial charge on any atom is 0.250 e. The average molecular weight is 482 g/mol. The number of carbonyl (C=O) groups is 1. The molecule has 0 atom stereocenters. The number of furan rings is 1. The van der Waals surface area contributed by atoms with Gasteiger partial charge in [-0.3, -0.25) is 15.1 Å².